The maximum absolute atomic E-state index is 12.7. The van der Waals surface area contributed by atoms with Gasteiger partial charge in [0.25, 0.3) is 0 Å². The molecule has 2 aliphatic heterocycles. The number of ether oxygens (including phenoxy) is 5. The van der Waals surface area contributed by atoms with Crippen molar-refractivity contribution < 1.29 is 43.5 Å². The number of aromatic nitrogens is 1. The summed E-state index contributed by atoms with van der Waals surface area (Å²) in [6, 6.07) is 18.4. The molecule has 1 fully saturated rings. The van der Waals surface area contributed by atoms with Crippen LogP contribution in [0.15, 0.2) is 66.9 Å². The number of pyridine rings is 1. The van der Waals surface area contributed by atoms with Gasteiger partial charge in [0.2, 0.25) is 0 Å². The van der Waals surface area contributed by atoms with Gasteiger partial charge in [-0.25, -0.2) is 9.78 Å². The van der Waals surface area contributed by atoms with Crippen LogP contribution in [0.2, 0.25) is 5.02 Å². The molecule has 0 radical (unpaired) electrons. The Morgan fingerprint density at radius 2 is 1.71 bits per heavy atom. The Kier molecular flexibility index (Phi) is 11.7. The van der Waals surface area contributed by atoms with Crippen LogP contribution in [0.4, 0.5) is 10.6 Å². The number of anilines is 1. The molecule has 1 saturated heterocycles. The first kappa shape index (κ1) is 36.7. The zero-order valence-corrected chi connectivity index (χ0v) is 29.7. The molecule has 14 heteroatoms. The van der Waals surface area contributed by atoms with Gasteiger partial charge in [-0.15, -0.1) is 0 Å². The lowest BCUT2D eigenvalue weighted by Gasteiger charge is -2.26. The molecule has 13 nitrogen and oxygen atoms in total. The van der Waals surface area contributed by atoms with Crippen LogP contribution in [0.5, 0.6) is 23.0 Å². The van der Waals surface area contributed by atoms with Gasteiger partial charge >= 0.3 is 12.0 Å². The Morgan fingerprint density at radius 1 is 0.942 bits per heavy atom. The monoisotopic (exact) mass is 732 g/mol. The number of carboxylic acid groups (broad SMARTS) is 1. The number of hydrogen-bond donors (Lipinski definition) is 4. The molecule has 4 aromatic rings. The smallest absolute Gasteiger partial charge is 0.326 e. The SMILES string of the molecule is Cc1c(COc2cc(OCc3ccnc(NC(=O)N4CCOCC4)c3)c(CN[C@@](C)(CO)C(=O)O)cc2Cl)cccc1-c1ccc2c(c1)OCCO2. The fourth-order valence-corrected chi connectivity index (χ4v) is 5.96. The van der Waals surface area contributed by atoms with E-state index in [9.17, 15) is 19.8 Å². The van der Waals surface area contributed by atoms with Crippen LogP contribution in [-0.4, -0.2) is 83.8 Å². The molecule has 4 N–H and O–H groups in total. The molecular weight excluding hydrogens is 692 g/mol. The molecule has 6 rings (SSSR count). The van der Waals surface area contributed by atoms with Gasteiger partial charge < -0.3 is 38.8 Å². The van der Waals surface area contributed by atoms with Gasteiger partial charge in [-0.2, -0.15) is 0 Å². The molecule has 0 unspecified atom stereocenters. The minimum absolute atomic E-state index is 0.0204. The van der Waals surface area contributed by atoms with E-state index in [4.69, 9.17) is 35.3 Å². The largest absolute Gasteiger partial charge is 0.488 e. The van der Waals surface area contributed by atoms with E-state index in [1.165, 1.54) is 6.92 Å². The Hall–Kier alpha value is -5.08. The number of aliphatic carboxylic acids is 1. The van der Waals surface area contributed by atoms with Crippen molar-refractivity contribution in [3.05, 3.63) is 94.1 Å². The topological polar surface area (TPSA) is 161 Å². The summed E-state index contributed by atoms with van der Waals surface area (Å²) in [6.07, 6.45) is 1.58. The number of carboxylic acids is 1. The van der Waals surface area contributed by atoms with Crippen LogP contribution >= 0.6 is 11.6 Å². The van der Waals surface area contributed by atoms with E-state index in [0.717, 1.165) is 33.6 Å². The van der Waals surface area contributed by atoms with Crippen LogP contribution < -0.4 is 29.6 Å². The number of nitrogens with one attached hydrogen (secondary N) is 2. The number of hydrogen-bond acceptors (Lipinski definition) is 10. The number of carbonyl (C=O) groups excluding carboxylic acids is 1. The van der Waals surface area contributed by atoms with Crippen molar-refractivity contribution in [1.29, 1.82) is 0 Å². The van der Waals surface area contributed by atoms with E-state index in [2.05, 4.69) is 15.6 Å². The van der Waals surface area contributed by atoms with Crippen LogP contribution in [0, 0.1) is 6.92 Å². The first-order valence-corrected chi connectivity index (χ1v) is 17.3. The maximum Gasteiger partial charge on any atom is 0.326 e. The molecule has 0 aliphatic carbocycles. The minimum Gasteiger partial charge on any atom is -0.488 e. The quantitative estimate of drug-likeness (QED) is 0.139. The number of nitrogens with zero attached hydrogens (tertiary/aromatic N) is 2. The van der Waals surface area contributed by atoms with Crippen molar-refractivity contribution in [2.75, 3.05) is 51.4 Å². The first-order valence-electron chi connectivity index (χ1n) is 16.9. The number of rotatable bonds is 13. The summed E-state index contributed by atoms with van der Waals surface area (Å²) in [7, 11) is 0. The van der Waals surface area contributed by atoms with Crippen LogP contribution in [-0.2, 0) is 29.3 Å². The van der Waals surface area contributed by atoms with Crippen molar-refractivity contribution in [1.82, 2.24) is 15.2 Å². The Labute approximate surface area is 306 Å². The highest BCUT2D eigenvalue weighted by Gasteiger charge is 2.32. The second-order valence-corrected chi connectivity index (χ2v) is 13.1. The Balaban J connectivity index is 1.20. The summed E-state index contributed by atoms with van der Waals surface area (Å²) in [4.78, 5) is 30.5. The highest BCUT2D eigenvalue weighted by atomic mass is 35.5. The zero-order chi connectivity index (χ0) is 36.7. The van der Waals surface area contributed by atoms with Gasteiger partial charge in [-0.3, -0.25) is 15.4 Å². The highest BCUT2D eigenvalue weighted by molar-refractivity contribution is 6.32. The lowest BCUT2D eigenvalue weighted by Crippen LogP contribution is -2.52. The fraction of sp³-hybridized carbons (Fsp3) is 0.342. The number of carbonyl (C=O) groups is 2. The van der Waals surface area contributed by atoms with E-state index < -0.39 is 18.1 Å². The van der Waals surface area contributed by atoms with Gasteiger partial charge in [-0.1, -0.05) is 35.9 Å². The third kappa shape index (κ3) is 8.68. The normalized spacial score (nSPS) is 15.0. The van der Waals surface area contributed by atoms with E-state index in [1.807, 2.05) is 43.3 Å². The Morgan fingerprint density at radius 3 is 2.48 bits per heavy atom. The summed E-state index contributed by atoms with van der Waals surface area (Å²) in [5.41, 5.74) is 3.66. The molecule has 2 aliphatic rings. The second-order valence-electron chi connectivity index (χ2n) is 12.6. The fourth-order valence-electron chi connectivity index (χ4n) is 5.72. The van der Waals surface area contributed by atoms with Gasteiger partial charge in [0.05, 0.1) is 24.8 Å². The molecule has 0 spiro atoms. The van der Waals surface area contributed by atoms with Crippen LogP contribution in [0.25, 0.3) is 11.1 Å². The summed E-state index contributed by atoms with van der Waals surface area (Å²) >= 11 is 6.74. The molecule has 52 heavy (non-hydrogen) atoms. The minimum atomic E-state index is -1.60. The van der Waals surface area contributed by atoms with Crippen molar-refractivity contribution in [3.8, 4) is 34.1 Å². The number of aliphatic hydroxyl groups is 1. The average Bonchev–Trinajstić information content (AvgIpc) is 3.16. The van der Waals surface area contributed by atoms with Gasteiger partial charge in [0.1, 0.15) is 49.3 Å². The lowest BCUT2D eigenvalue weighted by atomic mass is 9.96. The molecule has 274 valence electrons. The predicted octanol–water partition coefficient (Wildman–Crippen LogP) is 5.43. The molecule has 0 saturated carbocycles. The number of fused-ring (bicyclic) bond motifs is 1. The number of aliphatic hydroxyl groups excluding tert-OH is 1. The number of urea groups is 1. The number of amides is 2. The van der Waals surface area contributed by atoms with Crippen LogP contribution in [0.3, 0.4) is 0 Å². The van der Waals surface area contributed by atoms with Crippen LogP contribution in [0.1, 0.15) is 29.2 Å². The zero-order valence-electron chi connectivity index (χ0n) is 28.9. The summed E-state index contributed by atoms with van der Waals surface area (Å²) in [5.74, 6) is 1.34. The molecular formula is C38H41ClN4O9. The van der Waals surface area contributed by atoms with Crippen molar-refractivity contribution in [3.63, 3.8) is 0 Å². The number of benzene rings is 3. The third-order valence-electron chi connectivity index (χ3n) is 9.01. The molecule has 0 bridgehead atoms. The predicted molar refractivity (Wildman–Crippen MR) is 193 cm³/mol. The third-order valence-corrected chi connectivity index (χ3v) is 9.30. The highest BCUT2D eigenvalue weighted by Crippen LogP contribution is 2.37. The standard InChI is InChI=1S/C38H41ClN4O9/c1-24-27(4-3-5-29(24)26-6-7-31-34(18-26)50-15-14-49-31)22-52-33-19-32(28(17-30(33)39)20-41-38(2,23-44)36(45)46)51-21-25-8-9-40-35(16-25)42-37(47)43-10-12-48-13-11-43/h3-9,16-19,41,44H,10-15,20-23H2,1-2H3,(H,45,46)(H,40,42,47)/t38-/m0/s1. The maximum atomic E-state index is 12.7. The van der Waals surface area contributed by atoms with E-state index in [0.29, 0.717) is 73.2 Å². The second kappa shape index (κ2) is 16.5. The summed E-state index contributed by atoms with van der Waals surface area (Å²) in [6.45, 7) is 6.08. The average molecular weight is 733 g/mol. The van der Waals surface area contributed by atoms with Crippen molar-refractivity contribution in [2.24, 2.45) is 0 Å². The number of morpholine rings is 1. The van der Waals surface area contributed by atoms with E-state index >= 15 is 0 Å². The number of halogens is 1. The molecule has 1 atom stereocenters. The summed E-state index contributed by atoms with van der Waals surface area (Å²) < 4.78 is 29.4. The Bertz CT molecular complexity index is 1920. The molecule has 2 amide bonds. The molecule has 3 heterocycles. The van der Waals surface area contributed by atoms with Gasteiger partial charge in [-0.05, 0) is 72.0 Å². The molecule has 3 aromatic carbocycles. The van der Waals surface area contributed by atoms with Crippen molar-refractivity contribution >= 4 is 29.4 Å². The van der Waals surface area contributed by atoms with E-state index in [-0.39, 0.29) is 25.8 Å². The summed E-state index contributed by atoms with van der Waals surface area (Å²) in [5, 5.41) is 25.5. The first-order chi connectivity index (χ1) is 25.1. The molecule has 1 aromatic heterocycles. The van der Waals surface area contributed by atoms with E-state index in [1.54, 1.807) is 35.4 Å². The van der Waals surface area contributed by atoms with Crippen molar-refractivity contribution in [2.45, 2.75) is 39.1 Å². The van der Waals surface area contributed by atoms with Gasteiger partial charge in [0, 0.05) is 37.5 Å². The lowest BCUT2D eigenvalue weighted by molar-refractivity contribution is -0.145. The van der Waals surface area contributed by atoms with Gasteiger partial charge in [0.15, 0.2) is 11.5 Å².